The lowest BCUT2D eigenvalue weighted by atomic mass is 10.2. The molecule has 4 rings (SSSR count). The number of nitrogens with one attached hydrogen (secondary N) is 1. The number of imidazole rings is 1. The van der Waals surface area contributed by atoms with Crippen molar-refractivity contribution >= 4 is 32.7 Å². The number of hydrogen-bond acceptors (Lipinski definition) is 6. The van der Waals surface area contributed by atoms with Crippen LogP contribution < -0.4 is 10.2 Å². The minimum Gasteiger partial charge on any atom is -0.378 e. The summed E-state index contributed by atoms with van der Waals surface area (Å²) in [5.41, 5.74) is 4.41. The van der Waals surface area contributed by atoms with Crippen LogP contribution in [0.15, 0.2) is 72.0 Å². The molecule has 0 spiro atoms. The lowest BCUT2D eigenvalue weighted by molar-refractivity contribution is 0.602. The van der Waals surface area contributed by atoms with E-state index < -0.39 is 9.84 Å². The quantitative estimate of drug-likeness (QED) is 0.544. The molecule has 0 aliphatic rings. The molecule has 0 amide bonds. The fourth-order valence-electron chi connectivity index (χ4n) is 3.09. The van der Waals surface area contributed by atoms with Crippen molar-refractivity contribution in [1.29, 1.82) is 0 Å². The molecule has 1 N–H and O–H groups in total. The van der Waals surface area contributed by atoms with Gasteiger partial charge in [-0.2, -0.15) is 0 Å². The van der Waals surface area contributed by atoms with Gasteiger partial charge in [-0.05, 0) is 30.3 Å². The highest BCUT2D eigenvalue weighted by molar-refractivity contribution is 7.90. The van der Waals surface area contributed by atoms with Gasteiger partial charge < -0.3 is 10.2 Å². The molecule has 0 saturated heterocycles. The first kappa shape index (κ1) is 18.9. The van der Waals surface area contributed by atoms with Crippen molar-refractivity contribution in [3.05, 3.63) is 67.1 Å². The van der Waals surface area contributed by atoms with Crippen molar-refractivity contribution in [3.63, 3.8) is 0 Å². The predicted octanol–water partition coefficient (Wildman–Crippen LogP) is 3.61. The highest BCUT2D eigenvalue weighted by Crippen LogP contribution is 2.27. The smallest absolute Gasteiger partial charge is 0.180 e. The summed E-state index contributed by atoms with van der Waals surface area (Å²) in [5.74, 6) is 0.641. The van der Waals surface area contributed by atoms with Crippen LogP contribution in [0.4, 0.5) is 17.2 Å². The van der Waals surface area contributed by atoms with E-state index in [0.717, 1.165) is 22.6 Å². The molecule has 4 aromatic rings. The molecule has 0 bridgehead atoms. The molecule has 0 saturated carbocycles. The van der Waals surface area contributed by atoms with Crippen molar-refractivity contribution in [2.75, 3.05) is 30.6 Å². The molecule has 148 valence electrons. The van der Waals surface area contributed by atoms with Gasteiger partial charge in [0.05, 0.1) is 16.8 Å². The molecule has 0 atom stereocenters. The van der Waals surface area contributed by atoms with Gasteiger partial charge in [-0.3, -0.25) is 4.40 Å². The van der Waals surface area contributed by atoms with Gasteiger partial charge in [0, 0.05) is 49.7 Å². The summed E-state index contributed by atoms with van der Waals surface area (Å²) in [5, 5.41) is 3.34. The minimum absolute atomic E-state index is 0.292. The summed E-state index contributed by atoms with van der Waals surface area (Å²) in [6.45, 7) is 0. The van der Waals surface area contributed by atoms with E-state index in [0.29, 0.717) is 16.4 Å². The number of sulfone groups is 1. The largest absolute Gasteiger partial charge is 0.378 e. The summed E-state index contributed by atoms with van der Waals surface area (Å²) >= 11 is 0. The van der Waals surface area contributed by atoms with E-state index in [4.69, 9.17) is 0 Å². The Labute approximate surface area is 169 Å². The third-order valence-corrected chi connectivity index (χ3v) is 5.76. The second kappa shape index (κ2) is 7.21. The number of anilines is 3. The fraction of sp³-hybridized carbons (Fsp3) is 0.143. The zero-order chi connectivity index (χ0) is 20.6. The van der Waals surface area contributed by atoms with E-state index in [2.05, 4.69) is 15.3 Å². The maximum absolute atomic E-state index is 11.7. The first-order valence-electron chi connectivity index (χ1n) is 9.00. The molecule has 8 heteroatoms. The van der Waals surface area contributed by atoms with Crippen LogP contribution in [0.25, 0.3) is 16.9 Å². The standard InChI is InChI=1S/C21H21N5O2S/c1-25(2)17-6-4-5-16(13-17)24-20-21-23-14-19(26(21)12-11-22-20)15-7-9-18(10-8-15)29(3,27)28/h4-14H,1-3H3,(H,22,24). The van der Waals surface area contributed by atoms with Crippen molar-refractivity contribution in [3.8, 4) is 11.3 Å². The minimum atomic E-state index is -3.23. The van der Waals surface area contributed by atoms with Gasteiger partial charge in [0.2, 0.25) is 0 Å². The van der Waals surface area contributed by atoms with E-state index in [9.17, 15) is 8.42 Å². The van der Waals surface area contributed by atoms with Crippen LogP contribution in [0, 0.1) is 0 Å². The Morgan fingerprint density at radius 3 is 2.48 bits per heavy atom. The Hall–Kier alpha value is -3.39. The fourth-order valence-corrected chi connectivity index (χ4v) is 3.72. The van der Waals surface area contributed by atoms with Crippen molar-refractivity contribution in [2.24, 2.45) is 0 Å². The average Bonchev–Trinajstić information content (AvgIpc) is 3.13. The van der Waals surface area contributed by atoms with Crippen LogP contribution in [0.1, 0.15) is 0 Å². The Balaban J connectivity index is 1.71. The van der Waals surface area contributed by atoms with Crippen LogP contribution in [0.2, 0.25) is 0 Å². The molecule has 0 aliphatic carbocycles. The molecule has 2 aromatic heterocycles. The molecule has 0 fully saturated rings. The molecule has 2 heterocycles. The lowest BCUT2D eigenvalue weighted by Gasteiger charge is -2.14. The van der Waals surface area contributed by atoms with Gasteiger partial charge in [-0.1, -0.05) is 18.2 Å². The zero-order valence-corrected chi connectivity index (χ0v) is 17.2. The van der Waals surface area contributed by atoms with E-state index >= 15 is 0 Å². The van der Waals surface area contributed by atoms with E-state index in [1.165, 1.54) is 6.26 Å². The van der Waals surface area contributed by atoms with E-state index in [1.54, 1.807) is 36.7 Å². The van der Waals surface area contributed by atoms with E-state index in [-0.39, 0.29) is 0 Å². The third kappa shape index (κ3) is 3.79. The van der Waals surface area contributed by atoms with Crippen LogP contribution in [0.5, 0.6) is 0 Å². The monoisotopic (exact) mass is 407 g/mol. The van der Waals surface area contributed by atoms with E-state index in [1.807, 2.05) is 53.9 Å². The number of rotatable bonds is 5. The molecule has 7 nitrogen and oxygen atoms in total. The van der Waals surface area contributed by atoms with Crippen molar-refractivity contribution in [1.82, 2.24) is 14.4 Å². The normalized spacial score (nSPS) is 11.6. The molecule has 29 heavy (non-hydrogen) atoms. The first-order valence-corrected chi connectivity index (χ1v) is 10.9. The summed E-state index contributed by atoms with van der Waals surface area (Å²) in [6.07, 6.45) is 6.50. The van der Waals surface area contributed by atoms with Gasteiger partial charge in [0.25, 0.3) is 0 Å². The SMILES string of the molecule is CN(C)c1cccc(Nc2nccn3c(-c4ccc(S(C)(=O)=O)cc4)cnc23)c1. The Kier molecular flexibility index (Phi) is 4.71. The lowest BCUT2D eigenvalue weighted by Crippen LogP contribution is -2.08. The molecule has 0 radical (unpaired) electrons. The van der Waals surface area contributed by atoms with Crippen molar-refractivity contribution in [2.45, 2.75) is 4.90 Å². The second-order valence-electron chi connectivity index (χ2n) is 6.98. The summed E-state index contributed by atoms with van der Waals surface area (Å²) < 4.78 is 25.3. The number of fused-ring (bicyclic) bond motifs is 1. The third-order valence-electron chi connectivity index (χ3n) is 4.63. The molecule has 2 aromatic carbocycles. The topological polar surface area (TPSA) is 79.6 Å². The molecule has 0 unspecified atom stereocenters. The molecular formula is C21H21N5O2S. The summed E-state index contributed by atoms with van der Waals surface area (Å²) in [4.78, 5) is 11.3. The van der Waals surface area contributed by atoms with Gasteiger partial charge >= 0.3 is 0 Å². The first-order chi connectivity index (χ1) is 13.8. The second-order valence-corrected chi connectivity index (χ2v) is 8.99. The average molecular weight is 407 g/mol. The Morgan fingerprint density at radius 1 is 1.03 bits per heavy atom. The van der Waals surface area contributed by atoms with Crippen LogP contribution >= 0.6 is 0 Å². The zero-order valence-electron chi connectivity index (χ0n) is 16.4. The number of hydrogen-bond donors (Lipinski definition) is 1. The van der Waals surface area contributed by atoms with Crippen LogP contribution in [0.3, 0.4) is 0 Å². The van der Waals surface area contributed by atoms with Gasteiger partial charge in [0.1, 0.15) is 0 Å². The van der Waals surface area contributed by atoms with Crippen LogP contribution in [-0.2, 0) is 9.84 Å². The summed E-state index contributed by atoms with van der Waals surface area (Å²) in [6, 6.07) is 14.8. The maximum atomic E-state index is 11.7. The maximum Gasteiger partial charge on any atom is 0.180 e. The highest BCUT2D eigenvalue weighted by Gasteiger charge is 2.12. The molecule has 0 aliphatic heterocycles. The number of nitrogens with zero attached hydrogens (tertiary/aromatic N) is 4. The van der Waals surface area contributed by atoms with Gasteiger partial charge in [-0.25, -0.2) is 18.4 Å². The predicted molar refractivity (Wildman–Crippen MR) is 116 cm³/mol. The number of aromatic nitrogens is 3. The highest BCUT2D eigenvalue weighted by atomic mass is 32.2. The molecular weight excluding hydrogens is 386 g/mol. The van der Waals surface area contributed by atoms with Gasteiger partial charge in [0.15, 0.2) is 21.3 Å². The summed E-state index contributed by atoms with van der Waals surface area (Å²) in [7, 11) is 0.760. The van der Waals surface area contributed by atoms with Crippen molar-refractivity contribution < 1.29 is 8.42 Å². The number of benzene rings is 2. The Bertz CT molecular complexity index is 1280. The Morgan fingerprint density at radius 2 is 1.79 bits per heavy atom. The van der Waals surface area contributed by atoms with Gasteiger partial charge in [-0.15, -0.1) is 0 Å². The van der Waals surface area contributed by atoms with Crippen LogP contribution in [-0.4, -0.2) is 43.1 Å².